The molecule has 2 heterocycles. The lowest BCUT2D eigenvalue weighted by atomic mass is 10.0. The molecule has 1 saturated carbocycles. The number of piperidine rings is 1. The molecular formula is C39H47N5O7. The van der Waals surface area contributed by atoms with E-state index in [0.717, 1.165) is 42.5 Å². The second-order valence-corrected chi connectivity index (χ2v) is 13.7. The van der Waals surface area contributed by atoms with Crippen molar-refractivity contribution >= 4 is 45.9 Å². The minimum Gasteiger partial charge on any atom is -0.497 e. The maximum atomic E-state index is 13.4. The molecule has 2 fully saturated rings. The largest absolute Gasteiger partial charge is 0.497 e. The normalized spacial score (nSPS) is 15.1. The summed E-state index contributed by atoms with van der Waals surface area (Å²) in [6.45, 7) is 7.12. The van der Waals surface area contributed by atoms with Gasteiger partial charge >= 0.3 is 6.09 Å². The fraction of sp³-hybridized carbons (Fsp3) is 0.385. The number of hydrogen-bond donors (Lipinski definition) is 3. The standard InChI is InChI=1S/C37H41N5O6.C2H6O/c1-36(2,3)48-35(45)41-25-15-20-42(21-16-25)27-10-8-24(9-11-27)39-33(43)37(17-18-37)34(44)40-26-6-5-7-29(22-26)47-32-14-19-38-31-23-28(46-4)12-13-30(31)32;1-3-2/h5-14,19,22-23,25H,15-18,20-21H2,1-4H3,(H,39,43)(H,40,44)(H,41,45);1-2H3. The van der Waals surface area contributed by atoms with Crippen LogP contribution in [0.3, 0.4) is 0 Å². The lowest BCUT2D eigenvalue weighted by molar-refractivity contribution is -0.131. The van der Waals surface area contributed by atoms with E-state index < -0.39 is 11.0 Å². The van der Waals surface area contributed by atoms with Gasteiger partial charge in [-0.2, -0.15) is 0 Å². The number of fused-ring (bicyclic) bond motifs is 1. The molecule has 270 valence electrons. The Morgan fingerprint density at radius 2 is 1.49 bits per heavy atom. The smallest absolute Gasteiger partial charge is 0.407 e. The van der Waals surface area contributed by atoms with Crippen molar-refractivity contribution in [3.05, 3.63) is 79.0 Å². The van der Waals surface area contributed by atoms with E-state index in [1.54, 1.807) is 57.9 Å². The number of nitrogens with one attached hydrogen (secondary N) is 3. The van der Waals surface area contributed by atoms with Gasteiger partial charge < -0.3 is 39.8 Å². The van der Waals surface area contributed by atoms with E-state index in [-0.39, 0.29) is 23.9 Å². The molecule has 12 nitrogen and oxygen atoms in total. The van der Waals surface area contributed by atoms with Crippen molar-refractivity contribution < 1.29 is 33.3 Å². The monoisotopic (exact) mass is 697 g/mol. The fourth-order valence-corrected chi connectivity index (χ4v) is 5.78. The molecule has 51 heavy (non-hydrogen) atoms. The number of aromatic nitrogens is 1. The fourth-order valence-electron chi connectivity index (χ4n) is 5.78. The molecule has 2 aliphatic rings. The second-order valence-electron chi connectivity index (χ2n) is 13.7. The van der Waals surface area contributed by atoms with Gasteiger partial charge in [-0.3, -0.25) is 14.6 Å². The van der Waals surface area contributed by atoms with Crippen LogP contribution >= 0.6 is 0 Å². The molecule has 6 rings (SSSR count). The minimum absolute atomic E-state index is 0.0670. The first kappa shape index (κ1) is 36.9. The summed E-state index contributed by atoms with van der Waals surface area (Å²) in [5.41, 5.74) is 1.28. The van der Waals surface area contributed by atoms with Gasteiger partial charge in [-0.05, 0) is 101 Å². The average Bonchev–Trinajstić information content (AvgIpc) is 3.91. The molecule has 4 aromatic rings. The Kier molecular flexibility index (Phi) is 11.7. The number of alkyl carbamates (subject to hydrolysis) is 1. The van der Waals surface area contributed by atoms with E-state index in [9.17, 15) is 14.4 Å². The third-order valence-electron chi connectivity index (χ3n) is 8.56. The molecule has 1 aromatic heterocycles. The number of carbonyl (C=O) groups excluding carboxylic acids is 3. The third-order valence-corrected chi connectivity index (χ3v) is 8.56. The Bertz CT molecular complexity index is 1830. The number of benzene rings is 3. The number of ether oxygens (including phenoxy) is 4. The van der Waals surface area contributed by atoms with Crippen LogP contribution < -0.4 is 30.3 Å². The van der Waals surface area contributed by atoms with Crippen LogP contribution in [0.2, 0.25) is 0 Å². The highest BCUT2D eigenvalue weighted by atomic mass is 16.6. The summed E-state index contributed by atoms with van der Waals surface area (Å²) in [7, 11) is 4.86. The van der Waals surface area contributed by atoms with Gasteiger partial charge in [0.05, 0.1) is 12.6 Å². The SMILES string of the molecule is COC.COc1ccc2c(Oc3cccc(NC(=O)C4(C(=O)Nc5ccc(N6CCC(NC(=O)OC(C)(C)C)CC6)cc5)CC4)c3)ccnc2c1. The number of anilines is 3. The van der Waals surface area contributed by atoms with E-state index >= 15 is 0 Å². The van der Waals surface area contributed by atoms with E-state index in [4.69, 9.17) is 14.2 Å². The van der Waals surface area contributed by atoms with Crippen molar-refractivity contribution in [2.45, 2.75) is 58.1 Å². The molecule has 0 radical (unpaired) electrons. The quantitative estimate of drug-likeness (QED) is 0.156. The van der Waals surface area contributed by atoms with Gasteiger partial charge in [-0.1, -0.05) is 6.07 Å². The molecule has 0 atom stereocenters. The molecule has 0 bridgehead atoms. The Labute approximate surface area is 298 Å². The lowest BCUT2D eigenvalue weighted by Gasteiger charge is -2.34. The van der Waals surface area contributed by atoms with Gasteiger partial charge in [0, 0.05) is 74.1 Å². The second kappa shape index (κ2) is 16.1. The van der Waals surface area contributed by atoms with E-state index in [1.165, 1.54) is 0 Å². The molecule has 1 aliphatic carbocycles. The zero-order valence-electron chi connectivity index (χ0n) is 30.1. The first-order valence-electron chi connectivity index (χ1n) is 17.0. The van der Waals surface area contributed by atoms with Crippen LogP contribution in [-0.2, 0) is 19.1 Å². The molecular weight excluding hydrogens is 650 g/mol. The maximum absolute atomic E-state index is 13.4. The predicted octanol–water partition coefficient (Wildman–Crippen LogP) is 7.15. The van der Waals surface area contributed by atoms with Crippen LogP contribution in [0.15, 0.2) is 79.0 Å². The van der Waals surface area contributed by atoms with Gasteiger partial charge in [0.25, 0.3) is 0 Å². The number of methoxy groups -OCH3 is 2. The molecule has 1 aliphatic heterocycles. The molecule has 0 unspecified atom stereocenters. The first-order valence-corrected chi connectivity index (χ1v) is 17.0. The number of carbonyl (C=O) groups is 3. The molecule has 12 heteroatoms. The maximum Gasteiger partial charge on any atom is 0.407 e. The summed E-state index contributed by atoms with van der Waals surface area (Å²) in [6, 6.07) is 22.2. The van der Waals surface area contributed by atoms with Crippen LogP contribution in [0.5, 0.6) is 17.2 Å². The van der Waals surface area contributed by atoms with Crippen molar-refractivity contribution in [2.75, 3.05) is 50.0 Å². The average molecular weight is 698 g/mol. The summed E-state index contributed by atoms with van der Waals surface area (Å²) < 4.78 is 21.1. The molecule has 1 saturated heterocycles. The lowest BCUT2D eigenvalue weighted by Crippen LogP contribution is -2.46. The zero-order chi connectivity index (χ0) is 36.6. The van der Waals surface area contributed by atoms with Crippen molar-refractivity contribution in [3.8, 4) is 17.2 Å². The highest BCUT2D eigenvalue weighted by Gasteiger charge is 2.56. The summed E-state index contributed by atoms with van der Waals surface area (Å²) in [4.78, 5) is 45.5. The van der Waals surface area contributed by atoms with Gasteiger partial charge in [-0.15, -0.1) is 0 Å². The highest BCUT2D eigenvalue weighted by molar-refractivity contribution is 6.17. The zero-order valence-corrected chi connectivity index (χ0v) is 30.1. The van der Waals surface area contributed by atoms with Crippen LogP contribution in [0.1, 0.15) is 46.5 Å². The van der Waals surface area contributed by atoms with Gasteiger partial charge in [0.2, 0.25) is 11.8 Å². The number of pyridine rings is 1. The summed E-state index contributed by atoms with van der Waals surface area (Å²) in [6.07, 6.45) is 3.83. The van der Waals surface area contributed by atoms with Crippen LogP contribution in [0.4, 0.5) is 21.9 Å². The van der Waals surface area contributed by atoms with Crippen molar-refractivity contribution in [1.82, 2.24) is 10.3 Å². The first-order chi connectivity index (χ1) is 24.4. The molecule has 3 aromatic carbocycles. The van der Waals surface area contributed by atoms with Crippen molar-refractivity contribution in [3.63, 3.8) is 0 Å². The van der Waals surface area contributed by atoms with Gasteiger partial charge in [0.15, 0.2) is 0 Å². The van der Waals surface area contributed by atoms with Crippen molar-refractivity contribution in [1.29, 1.82) is 0 Å². The number of amides is 3. The number of hydrogen-bond acceptors (Lipinski definition) is 9. The summed E-state index contributed by atoms with van der Waals surface area (Å²) in [5, 5.41) is 9.65. The van der Waals surface area contributed by atoms with Gasteiger partial charge in [-0.25, -0.2) is 4.79 Å². The Hall–Kier alpha value is -5.36. The Morgan fingerprint density at radius 3 is 2.12 bits per heavy atom. The van der Waals surface area contributed by atoms with Crippen LogP contribution in [0, 0.1) is 5.41 Å². The number of rotatable bonds is 9. The van der Waals surface area contributed by atoms with Crippen LogP contribution in [-0.4, -0.2) is 69.0 Å². The summed E-state index contributed by atoms with van der Waals surface area (Å²) in [5.74, 6) is 1.18. The van der Waals surface area contributed by atoms with Crippen molar-refractivity contribution in [2.24, 2.45) is 5.41 Å². The Balaban J connectivity index is 0.00000162. The topological polar surface area (TPSA) is 140 Å². The number of nitrogens with zero attached hydrogens (tertiary/aromatic N) is 2. The summed E-state index contributed by atoms with van der Waals surface area (Å²) >= 11 is 0. The minimum atomic E-state index is -1.13. The predicted molar refractivity (Wildman–Crippen MR) is 198 cm³/mol. The molecule has 3 N–H and O–H groups in total. The molecule has 0 spiro atoms. The van der Waals surface area contributed by atoms with Gasteiger partial charge in [0.1, 0.15) is 28.3 Å². The van der Waals surface area contributed by atoms with E-state index in [0.29, 0.717) is 41.5 Å². The highest BCUT2D eigenvalue weighted by Crippen LogP contribution is 2.47. The third kappa shape index (κ3) is 9.66. The van der Waals surface area contributed by atoms with E-state index in [2.05, 4.69) is 30.6 Å². The van der Waals surface area contributed by atoms with E-state index in [1.807, 2.05) is 63.2 Å². The van der Waals surface area contributed by atoms with Crippen LogP contribution in [0.25, 0.3) is 10.9 Å². The molecule has 3 amide bonds. The Morgan fingerprint density at radius 1 is 0.824 bits per heavy atom.